The van der Waals surface area contributed by atoms with Crippen LogP contribution in [0, 0.1) is 5.92 Å². The summed E-state index contributed by atoms with van der Waals surface area (Å²) >= 11 is 0. The summed E-state index contributed by atoms with van der Waals surface area (Å²) in [6.45, 7) is 1.91. The Kier molecular flexibility index (Phi) is 2.37. The van der Waals surface area contributed by atoms with E-state index in [-0.39, 0.29) is 6.10 Å². The smallest absolute Gasteiger partial charge is 0.0514 e. The highest BCUT2D eigenvalue weighted by atomic mass is 16.3. The predicted molar refractivity (Wildman–Crippen MR) is 49.0 cm³/mol. The van der Waals surface area contributed by atoms with Gasteiger partial charge in [0.25, 0.3) is 0 Å². The van der Waals surface area contributed by atoms with Crippen LogP contribution in [0.1, 0.15) is 39.0 Å². The van der Waals surface area contributed by atoms with Crippen molar-refractivity contribution in [1.29, 1.82) is 0 Å². The van der Waals surface area contributed by atoms with E-state index in [2.05, 4.69) is 5.32 Å². The number of nitrogens with one attached hydrogen (secondary N) is 1. The molecule has 2 rings (SSSR count). The highest BCUT2D eigenvalue weighted by Gasteiger charge is 2.33. The Morgan fingerprint density at radius 3 is 2.42 bits per heavy atom. The molecule has 2 heterocycles. The van der Waals surface area contributed by atoms with Gasteiger partial charge in [-0.3, -0.25) is 0 Å². The van der Waals surface area contributed by atoms with E-state index < -0.39 is 0 Å². The lowest BCUT2D eigenvalue weighted by Crippen LogP contribution is -2.38. The molecule has 0 saturated carbocycles. The molecule has 2 nitrogen and oxygen atoms in total. The number of rotatable bonds is 2. The van der Waals surface area contributed by atoms with Gasteiger partial charge in [0.15, 0.2) is 0 Å². The van der Waals surface area contributed by atoms with Crippen LogP contribution in [0.4, 0.5) is 0 Å². The standard InChI is InChI=1S/C10H19NO/c1-7(12)4-8-5-9-2-3-10(6-8)11-9/h7-12H,2-6H2,1H3. The third-order valence-electron chi connectivity index (χ3n) is 3.25. The van der Waals surface area contributed by atoms with Gasteiger partial charge in [-0.25, -0.2) is 0 Å². The number of piperidine rings is 1. The van der Waals surface area contributed by atoms with E-state index in [1.165, 1.54) is 25.7 Å². The zero-order valence-electron chi connectivity index (χ0n) is 7.79. The fourth-order valence-corrected chi connectivity index (χ4v) is 2.85. The molecule has 0 aromatic carbocycles. The lowest BCUT2D eigenvalue weighted by atomic mass is 9.88. The van der Waals surface area contributed by atoms with Gasteiger partial charge >= 0.3 is 0 Å². The lowest BCUT2D eigenvalue weighted by Gasteiger charge is -2.29. The van der Waals surface area contributed by atoms with E-state index in [1.807, 2.05) is 6.92 Å². The Bertz CT molecular complexity index is 146. The van der Waals surface area contributed by atoms with Crippen LogP contribution < -0.4 is 5.32 Å². The second-order valence-electron chi connectivity index (χ2n) is 4.56. The first-order valence-corrected chi connectivity index (χ1v) is 5.18. The average Bonchev–Trinajstić information content (AvgIpc) is 2.29. The molecule has 2 N–H and O–H groups in total. The lowest BCUT2D eigenvalue weighted by molar-refractivity contribution is 0.140. The van der Waals surface area contributed by atoms with Gasteiger partial charge in [0.2, 0.25) is 0 Å². The van der Waals surface area contributed by atoms with Gasteiger partial charge in [0, 0.05) is 12.1 Å². The molecule has 2 aliphatic rings. The van der Waals surface area contributed by atoms with Crippen molar-refractivity contribution in [3.8, 4) is 0 Å². The van der Waals surface area contributed by atoms with Crippen LogP contribution in [-0.4, -0.2) is 23.3 Å². The topological polar surface area (TPSA) is 32.3 Å². The summed E-state index contributed by atoms with van der Waals surface area (Å²) in [6.07, 6.45) is 6.21. The summed E-state index contributed by atoms with van der Waals surface area (Å²) < 4.78 is 0. The first kappa shape index (κ1) is 8.52. The van der Waals surface area contributed by atoms with Crippen LogP contribution in [-0.2, 0) is 0 Å². The van der Waals surface area contributed by atoms with Crippen molar-refractivity contribution in [1.82, 2.24) is 5.32 Å². The van der Waals surface area contributed by atoms with E-state index in [0.717, 1.165) is 24.4 Å². The van der Waals surface area contributed by atoms with Gasteiger partial charge in [-0.15, -0.1) is 0 Å². The zero-order valence-corrected chi connectivity index (χ0v) is 7.79. The molecule has 0 amide bonds. The molecule has 2 heteroatoms. The third kappa shape index (κ3) is 1.80. The number of hydrogen-bond donors (Lipinski definition) is 2. The zero-order chi connectivity index (χ0) is 8.55. The van der Waals surface area contributed by atoms with Crippen molar-refractivity contribution in [3.63, 3.8) is 0 Å². The van der Waals surface area contributed by atoms with Crippen molar-refractivity contribution in [2.24, 2.45) is 5.92 Å². The molecule has 2 bridgehead atoms. The minimum absolute atomic E-state index is 0.104. The van der Waals surface area contributed by atoms with Crippen LogP contribution in [0.15, 0.2) is 0 Å². The average molecular weight is 169 g/mol. The molecular formula is C10H19NO. The number of fused-ring (bicyclic) bond motifs is 2. The van der Waals surface area contributed by atoms with Gasteiger partial charge in [-0.05, 0) is 44.9 Å². The number of aliphatic hydroxyl groups is 1. The summed E-state index contributed by atoms with van der Waals surface area (Å²) in [7, 11) is 0. The van der Waals surface area contributed by atoms with Gasteiger partial charge in [0.05, 0.1) is 6.10 Å². The van der Waals surface area contributed by atoms with E-state index in [9.17, 15) is 5.11 Å². The molecule has 2 fully saturated rings. The molecule has 0 aromatic heterocycles. The minimum atomic E-state index is -0.104. The van der Waals surface area contributed by atoms with Crippen molar-refractivity contribution in [2.45, 2.75) is 57.2 Å². The van der Waals surface area contributed by atoms with Crippen LogP contribution in [0.2, 0.25) is 0 Å². The van der Waals surface area contributed by atoms with Crippen molar-refractivity contribution >= 4 is 0 Å². The highest BCUT2D eigenvalue weighted by molar-refractivity contribution is 4.92. The van der Waals surface area contributed by atoms with Gasteiger partial charge in [-0.1, -0.05) is 0 Å². The first-order valence-electron chi connectivity index (χ1n) is 5.18. The van der Waals surface area contributed by atoms with Crippen molar-refractivity contribution in [3.05, 3.63) is 0 Å². The summed E-state index contributed by atoms with van der Waals surface area (Å²) in [5.74, 6) is 0.781. The molecule has 0 aromatic rings. The molecule has 2 aliphatic heterocycles. The van der Waals surface area contributed by atoms with E-state index >= 15 is 0 Å². The molecule has 0 spiro atoms. The van der Waals surface area contributed by atoms with Gasteiger partial charge in [-0.2, -0.15) is 0 Å². The van der Waals surface area contributed by atoms with Crippen LogP contribution >= 0.6 is 0 Å². The number of hydrogen-bond acceptors (Lipinski definition) is 2. The fourth-order valence-electron chi connectivity index (χ4n) is 2.85. The Morgan fingerprint density at radius 2 is 1.92 bits per heavy atom. The molecule has 0 aliphatic carbocycles. The summed E-state index contributed by atoms with van der Waals surface area (Å²) in [4.78, 5) is 0. The Balaban J connectivity index is 1.85. The molecule has 3 unspecified atom stereocenters. The number of aliphatic hydroxyl groups excluding tert-OH is 1. The largest absolute Gasteiger partial charge is 0.393 e. The third-order valence-corrected chi connectivity index (χ3v) is 3.25. The fraction of sp³-hybridized carbons (Fsp3) is 1.00. The quantitative estimate of drug-likeness (QED) is 0.653. The second kappa shape index (κ2) is 3.35. The Morgan fingerprint density at radius 1 is 1.33 bits per heavy atom. The molecule has 2 saturated heterocycles. The molecule has 3 atom stereocenters. The normalized spacial score (nSPS) is 43.0. The van der Waals surface area contributed by atoms with Crippen LogP contribution in [0.3, 0.4) is 0 Å². The summed E-state index contributed by atoms with van der Waals surface area (Å²) in [6, 6.07) is 1.54. The van der Waals surface area contributed by atoms with Gasteiger partial charge < -0.3 is 10.4 Å². The molecule has 12 heavy (non-hydrogen) atoms. The molecule has 70 valence electrons. The summed E-state index contributed by atoms with van der Waals surface area (Å²) in [5, 5.41) is 12.9. The molecular weight excluding hydrogens is 150 g/mol. The Hall–Kier alpha value is -0.0800. The SMILES string of the molecule is CC(O)CC1CC2CCC(C1)N2. The first-order chi connectivity index (χ1) is 5.74. The second-order valence-corrected chi connectivity index (χ2v) is 4.56. The highest BCUT2D eigenvalue weighted by Crippen LogP contribution is 2.33. The maximum Gasteiger partial charge on any atom is 0.0514 e. The van der Waals surface area contributed by atoms with E-state index in [1.54, 1.807) is 0 Å². The van der Waals surface area contributed by atoms with Crippen LogP contribution in [0.25, 0.3) is 0 Å². The minimum Gasteiger partial charge on any atom is -0.393 e. The summed E-state index contributed by atoms with van der Waals surface area (Å²) in [5.41, 5.74) is 0. The van der Waals surface area contributed by atoms with Crippen molar-refractivity contribution < 1.29 is 5.11 Å². The van der Waals surface area contributed by atoms with Crippen molar-refractivity contribution in [2.75, 3.05) is 0 Å². The molecule has 0 radical (unpaired) electrons. The van der Waals surface area contributed by atoms with Crippen LogP contribution in [0.5, 0.6) is 0 Å². The monoisotopic (exact) mass is 169 g/mol. The Labute approximate surface area is 74.4 Å². The predicted octanol–water partition coefficient (Wildman–Crippen LogP) is 1.29. The van der Waals surface area contributed by atoms with E-state index in [4.69, 9.17) is 0 Å². The van der Waals surface area contributed by atoms with E-state index in [0.29, 0.717) is 0 Å². The maximum absolute atomic E-state index is 9.28. The van der Waals surface area contributed by atoms with Gasteiger partial charge in [0.1, 0.15) is 0 Å². The maximum atomic E-state index is 9.28.